The van der Waals surface area contributed by atoms with Crippen molar-refractivity contribution in [1.29, 1.82) is 0 Å². The molecule has 0 spiro atoms. The molecule has 0 aromatic heterocycles. The highest BCUT2D eigenvalue weighted by atomic mass is 15.2. The quantitative estimate of drug-likeness (QED) is 0.539. The molecular weight excluding hydrogens is 122 g/mol. The molecule has 0 aromatic carbocycles. The standard InChI is InChI=1S/C9H19N/c1-5-9-7(2)6-10(4)8(9)3/h7-9H,5-6H2,1-4H3. The normalized spacial score (nSPS) is 42.6. The van der Waals surface area contributed by atoms with E-state index in [1.165, 1.54) is 13.0 Å². The molecule has 1 aliphatic rings. The van der Waals surface area contributed by atoms with Crippen molar-refractivity contribution in [2.45, 2.75) is 33.2 Å². The zero-order valence-electron chi connectivity index (χ0n) is 7.59. The number of nitrogens with zero attached hydrogens (tertiary/aromatic N) is 1. The van der Waals surface area contributed by atoms with Gasteiger partial charge in [-0.05, 0) is 25.8 Å². The third-order valence-electron chi connectivity index (χ3n) is 3.09. The van der Waals surface area contributed by atoms with E-state index in [0.29, 0.717) is 0 Å². The minimum atomic E-state index is 0.806. The van der Waals surface area contributed by atoms with E-state index in [1.807, 2.05) is 0 Å². The molecule has 0 amide bonds. The number of hydrogen-bond donors (Lipinski definition) is 0. The minimum Gasteiger partial charge on any atom is -0.303 e. The SMILES string of the molecule is CCC1C(C)CN(C)C1C. The molecule has 10 heavy (non-hydrogen) atoms. The summed E-state index contributed by atoms with van der Waals surface area (Å²) in [5.74, 6) is 1.84. The van der Waals surface area contributed by atoms with Gasteiger partial charge in [-0.3, -0.25) is 0 Å². The van der Waals surface area contributed by atoms with Crippen LogP contribution in [0.25, 0.3) is 0 Å². The second kappa shape index (κ2) is 2.91. The van der Waals surface area contributed by atoms with Crippen LogP contribution in [0.15, 0.2) is 0 Å². The molecule has 60 valence electrons. The fourth-order valence-electron chi connectivity index (χ4n) is 2.30. The Kier molecular flexibility index (Phi) is 2.35. The van der Waals surface area contributed by atoms with Crippen molar-refractivity contribution in [3.63, 3.8) is 0 Å². The second-order valence-corrected chi connectivity index (χ2v) is 3.73. The Hall–Kier alpha value is -0.0400. The molecule has 0 N–H and O–H groups in total. The van der Waals surface area contributed by atoms with Crippen LogP contribution in [0, 0.1) is 11.8 Å². The largest absolute Gasteiger partial charge is 0.303 e. The van der Waals surface area contributed by atoms with Crippen LogP contribution in [0.4, 0.5) is 0 Å². The van der Waals surface area contributed by atoms with Gasteiger partial charge in [-0.1, -0.05) is 20.3 Å². The van der Waals surface area contributed by atoms with Crippen molar-refractivity contribution >= 4 is 0 Å². The highest BCUT2D eigenvalue weighted by Crippen LogP contribution is 2.30. The first-order valence-electron chi connectivity index (χ1n) is 4.37. The van der Waals surface area contributed by atoms with Gasteiger partial charge in [0.2, 0.25) is 0 Å². The third kappa shape index (κ3) is 1.20. The van der Waals surface area contributed by atoms with E-state index in [1.54, 1.807) is 0 Å². The predicted molar refractivity (Wildman–Crippen MR) is 45.0 cm³/mol. The van der Waals surface area contributed by atoms with Crippen LogP contribution in [-0.2, 0) is 0 Å². The van der Waals surface area contributed by atoms with Crippen LogP contribution < -0.4 is 0 Å². The summed E-state index contributed by atoms with van der Waals surface area (Å²) >= 11 is 0. The van der Waals surface area contributed by atoms with Crippen LogP contribution in [-0.4, -0.2) is 24.5 Å². The van der Waals surface area contributed by atoms with Gasteiger partial charge in [0.25, 0.3) is 0 Å². The lowest BCUT2D eigenvalue weighted by atomic mass is 9.91. The summed E-state index contributed by atoms with van der Waals surface area (Å²) in [5, 5.41) is 0. The van der Waals surface area contributed by atoms with E-state index in [-0.39, 0.29) is 0 Å². The zero-order valence-corrected chi connectivity index (χ0v) is 7.59. The average Bonchev–Trinajstić information content (AvgIpc) is 2.09. The third-order valence-corrected chi connectivity index (χ3v) is 3.09. The first kappa shape index (κ1) is 8.06. The molecule has 1 nitrogen and oxygen atoms in total. The highest BCUT2D eigenvalue weighted by Gasteiger charge is 2.32. The fourth-order valence-corrected chi connectivity index (χ4v) is 2.30. The Morgan fingerprint density at radius 1 is 1.40 bits per heavy atom. The maximum atomic E-state index is 2.47. The fraction of sp³-hybridized carbons (Fsp3) is 1.00. The molecule has 1 aliphatic heterocycles. The lowest BCUT2D eigenvalue weighted by molar-refractivity contribution is 0.286. The summed E-state index contributed by atoms with van der Waals surface area (Å²) in [6, 6.07) is 0.806. The van der Waals surface area contributed by atoms with Crippen molar-refractivity contribution in [1.82, 2.24) is 4.90 Å². The molecule has 0 saturated carbocycles. The van der Waals surface area contributed by atoms with Crippen LogP contribution >= 0.6 is 0 Å². The van der Waals surface area contributed by atoms with E-state index >= 15 is 0 Å². The first-order valence-corrected chi connectivity index (χ1v) is 4.37. The zero-order chi connectivity index (χ0) is 7.72. The van der Waals surface area contributed by atoms with Gasteiger partial charge in [-0.25, -0.2) is 0 Å². The molecule has 3 unspecified atom stereocenters. The maximum Gasteiger partial charge on any atom is 0.00951 e. The molecule has 3 atom stereocenters. The van der Waals surface area contributed by atoms with Crippen molar-refractivity contribution in [3.05, 3.63) is 0 Å². The lowest BCUT2D eigenvalue weighted by Crippen LogP contribution is -2.25. The number of hydrogen-bond acceptors (Lipinski definition) is 1. The molecule has 0 radical (unpaired) electrons. The van der Waals surface area contributed by atoms with Gasteiger partial charge in [0.15, 0.2) is 0 Å². The number of rotatable bonds is 1. The molecular formula is C9H19N. The van der Waals surface area contributed by atoms with Crippen LogP contribution in [0.1, 0.15) is 27.2 Å². The summed E-state index contributed by atoms with van der Waals surface area (Å²) in [6.45, 7) is 8.31. The van der Waals surface area contributed by atoms with Crippen molar-refractivity contribution in [2.75, 3.05) is 13.6 Å². The predicted octanol–water partition coefficient (Wildman–Crippen LogP) is 1.98. The second-order valence-electron chi connectivity index (χ2n) is 3.73. The Balaban J connectivity index is 2.55. The van der Waals surface area contributed by atoms with Gasteiger partial charge >= 0.3 is 0 Å². The van der Waals surface area contributed by atoms with Crippen LogP contribution in [0.2, 0.25) is 0 Å². The van der Waals surface area contributed by atoms with Crippen LogP contribution in [0.3, 0.4) is 0 Å². The van der Waals surface area contributed by atoms with Gasteiger partial charge in [0.1, 0.15) is 0 Å². The van der Waals surface area contributed by atoms with Crippen LogP contribution in [0.5, 0.6) is 0 Å². The van der Waals surface area contributed by atoms with Gasteiger partial charge < -0.3 is 4.90 Å². The molecule has 1 fully saturated rings. The van der Waals surface area contributed by atoms with Gasteiger partial charge in [0, 0.05) is 12.6 Å². The topological polar surface area (TPSA) is 3.24 Å². The Bertz CT molecular complexity index is 111. The minimum absolute atomic E-state index is 0.806. The van der Waals surface area contributed by atoms with Gasteiger partial charge in [-0.15, -0.1) is 0 Å². The Morgan fingerprint density at radius 2 is 2.00 bits per heavy atom. The van der Waals surface area contributed by atoms with Crippen molar-refractivity contribution < 1.29 is 0 Å². The molecule has 1 heteroatoms. The van der Waals surface area contributed by atoms with E-state index in [9.17, 15) is 0 Å². The average molecular weight is 141 g/mol. The van der Waals surface area contributed by atoms with Crippen molar-refractivity contribution in [2.24, 2.45) is 11.8 Å². The Labute approximate surface area is 64.4 Å². The smallest absolute Gasteiger partial charge is 0.00951 e. The molecule has 1 heterocycles. The van der Waals surface area contributed by atoms with E-state index in [2.05, 4.69) is 32.7 Å². The highest BCUT2D eigenvalue weighted by molar-refractivity contribution is 4.85. The Morgan fingerprint density at radius 3 is 2.20 bits per heavy atom. The summed E-state index contributed by atoms with van der Waals surface area (Å²) in [7, 11) is 2.23. The molecule has 1 saturated heterocycles. The lowest BCUT2D eigenvalue weighted by Gasteiger charge is -2.19. The summed E-state index contributed by atoms with van der Waals surface area (Å²) in [4.78, 5) is 2.47. The monoisotopic (exact) mass is 141 g/mol. The molecule has 0 bridgehead atoms. The maximum absolute atomic E-state index is 2.47. The van der Waals surface area contributed by atoms with Crippen molar-refractivity contribution in [3.8, 4) is 0 Å². The first-order chi connectivity index (χ1) is 4.66. The van der Waals surface area contributed by atoms with Gasteiger partial charge in [-0.2, -0.15) is 0 Å². The summed E-state index contributed by atoms with van der Waals surface area (Å²) in [5.41, 5.74) is 0. The van der Waals surface area contributed by atoms with Gasteiger partial charge in [0.05, 0.1) is 0 Å². The summed E-state index contributed by atoms with van der Waals surface area (Å²) in [6.07, 6.45) is 1.34. The molecule has 0 aliphatic carbocycles. The number of likely N-dealkylation sites (tertiary alicyclic amines) is 1. The van der Waals surface area contributed by atoms with E-state index in [0.717, 1.165) is 17.9 Å². The molecule has 1 rings (SSSR count). The van der Waals surface area contributed by atoms with E-state index < -0.39 is 0 Å². The van der Waals surface area contributed by atoms with E-state index in [4.69, 9.17) is 0 Å². The molecule has 0 aromatic rings. The summed E-state index contributed by atoms with van der Waals surface area (Å²) < 4.78 is 0.